The smallest absolute Gasteiger partial charge is 0.417 e. The molecule has 0 aliphatic heterocycles. The van der Waals surface area contributed by atoms with Gasteiger partial charge in [-0.25, -0.2) is 4.79 Å². The van der Waals surface area contributed by atoms with Gasteiger partial charge in [-0.15, -0.1) is 0 Å². The summed E-state index contributed by atoms with van der Waals surface area (Å²) in [6.45, 7) is 0. The van der Waals surface area contributed by atoms with Crippen molar-refractivity contribution < 1.29 is 27.5 Å². The number of halogens is 3. The van der Waals surface area contributed by atoms with Crippen molar-refractivity contribution in [3.63, 3.8) is 0 Å². The van der Waals surface area contributed by atoms with Crippen molar-refractivity contribution in [2.24, 2.45) is 0 Å². The SMILES string of the molecule is COC(=O)c1ccccc1NC(=O)c1ccccc1C(F)(F)F. The number of nitrogens with one attached hydrogen (secondary N) is 1. The van der Waals surface area contributed by atoms with Crippen LogP contribution in [0.3, 0.4) is 0 Å². The molecule has 0 unspecified atom stereocenters. The van der Waals surface area contributed by atoms with Gasteiger partial charge in [-0.3, -0.25) is 4.79 Å². The lowest BCUT2D eigenvalue weighted by Gasteiger charge is -2.14. The van der Waals surface area contributed by atoms with Gasteiger partial charge in [0.15, 0.2) is 0 Å². The van der Waals surface area contributed by atoms with Gasteiger partial charge in [0.2, 0.25) is 0 Å². The second kappa shape index (κ2) is 6.51. The maximum atomic E-state index is 13.0. The van der Waals surface area contributed by atoms with Crippen LogP contribution in [0, 0.1) is 0 Å². The number of alkyl halides is 3. The number of hydrogen-bond donors (Lipinski definition) is 1. The molecule has 0 bridgehead atoms. The Kier molecular flexibility index (Phi) is 4.68. The Morgan fingerprint density at radius 2 is 1.52 bits per heavy atom. The summed E-state index contributed by atoms with van der Waals surface area (Å²) in [5, 5.41) is 2.31. The Balaban J connectivity index is 2.37. The number of esters is 1. The van der Waals surface area contributed by atoms with E-state index < -0.39 is 29.2 Å². The average Bonchev–Trinajstić information content (AvgIpc) is 2.54. The molecule has 0 heterocycles. The van der Waals surface area contributed by atoms with E-state index in [1.807, 2.05) is 0 Å². The van der Waals surface area contributed by atoms with E-state index in [4.69, 9.17) is 0 Å². The first-order valence-electron chi connectivity index (χ1n) is 6.49. The number of rotatable bonds is 3. The normalized spacial score (nSPS) is 11.0. The lowest BCUT2D eigenvalue weighted by atomic mass is 10.1. The van der Waals surface area contributed by atoms with Crippen molar-refractivity contribution in [1.29, 1.82) is 0 Å². The fourth-order valence-electron chi connectivity index (χ4n) is 2.00. The molecule has 0 radical (unpaired) electrons. The van der Waals surface area contributed by atoms with Gasteiger partial charge in [-0.05, 0) is 24.3 Å². The van der Waals surface area contributed by atoms with E-state index in [1.165, 1.54) is 37.4 Å². The molecule has 0 saturated carbocycles. The second-order valence-electron chi connectivity index (χ2n) is 4.53. The topological polar surface area (TPSA) is 55.4 Å². The first kappa shape index (κ1) is 16.5. The summed E-state index contributed by atoms with van der Waals surface area (Å²) in [5.74, 6) is -1.67. The Bertz CT molecular complexity index is 741. The molecule has 0 atom stereocenters. The number of carbonyl (C=O) groups is 2. The first-order valence-corrected chi connectivity index (χ1v) is 6.49. The van der Waals surface area contributed by atoms with Gasteiger partial charge in [0.25, 0.3) is 5.91 Å². The third-order valence-electron chi connectivity index (χ3n) is 3.06. The molecule has 0 spiro atoms. The van der Waals surface area contributed by atoms with Crippen LogP contribution in [-0.4, -0.2) is 19.0 Å². The minimum atomic E-state index is -4.66. The summed E-state index contributed by atoms with van der Waals surface area (Å²) in [6.07, 6.45) is -4.66. The standard InChI is InChI=1S/C16H12F3NO3/c1-23-15(22)11-7-3-5-9-13(11)20-14(21)10-6-2-4-8-12(10)16(17,18)19/h2-9H,1H3,(H,20,21). The van der Waals surface area contributed by atoms with Gasteiger partial charge in [-0.2, -0.15) is 13.2 Å². The third-order valence-corrected chi connectivity index (χ3v) is 3.06. The van der Waals surface area contributed by atoms with Gasteiger partial charge in [0.1, 0.15) is 0 Å². The number of ether oxygens (including phenoxy) is 1. The van der Waals surface area contributed by atoms with Crippen molar-refractivity contribution >= 4 is 17.6 Å². The van der Waals surface area contributed by atoms with Crippen molar-refractivity contribution in [2.75, 3.05) is 12.4 Å². The van der Waals surface area contributed by atoms with E-state index in [0.29, 0.717) is 0 Å². The first-order chi connectivity index (χ1) is 10.8. The van der Waals surface area contributed by atoms with Crippen LogP contribution >= 0.6 is 0 Å². The predicted octanol–water partition coefficient (Wildman–Crippen LogP) is 3.74. The molecule has 2 aromatic carbocycles. The summed E-state index contributed by atoms with van der Waals surface area (Å²) in [7, 11) is 1.17. The number of hydrogen-bond acceptors (Lipinski definition) is 3. The molecule has 0 fully saturated rings. The van der Waals surface area contributed by atoms with E-state index >= 15 is 0 Å². The van der Waals surface area contributed by atoms with E-state index in [0.717, 1.165) is 12.1 Å². The van der Waals surface area contributed by atoms with Gasteiger partial charge in [-0.1, -0.05) is 24.3 Å². The monoisotopic (exact) mass is 323 g/mol. The molecule has 0 aromatic heterocycles. The van der Waals surface area contributed by atoms with E-state index in [1.54, 1.807) is 6.07 Å². The van der Waals surface area contributed by atoms with E-state index in [-0.39, 0.29) is 11.3 Å². The molecule has 2 aromatic rings. The van der Waals surface area contributed by atoms with Crippen LogP contribution < -0.4 is 5.32 Å². The molecule has 23 heavy (non-hydrogen) atoms. The predicted molar refractivity (Wildman–Crippen MR) is 77.2 cm³/mol. The van der Waals surface area contributed by atoms with Crippen LogP contribution in [0.2, 0.25) is 0 Å². The van der Waals surface area contributed by atoms with Gasteiger partial charge >= 0.3 is 12.1 Å². The lowest BCUT2D eigenvalue weighted by Crippen LogP contribution is -2.20. The molecule has 4 nitrogen and oxygen atoms in total. The quantitative estimate of drug-likeness (QED) is 0.875. The van der Waals surface area contributed by atoms with Crippen LogP contribution in [0.4, 0.5) is 18.9 Å². The molecule has 0 saturated heterocycles. The van der Waals surface area contributed by atoms with E-state index in [9.17, 15) is 22.8 Å². The minimum absolute atomic E-state index is 0.0489. The Labute approximate surface area is 129 Å². The van der Waals surface area contributed by atoms with Gasteiger partial charge in [0.05, 0.1) is 29.5 Å². The summed E-state index contributed by atoms with van der Waals surface area (Å²) in [4.78, 5) is 23.8. The molecular weight excluding hydrogens is 311 g/mol. The highest BCUT2D eigenvalue weighted by molar-refractivity contribution is 6.08. The zero-order valence-electron chi connectivity index (χ0n) is 12.0. The Hall–Kier alpha value is -2.83. The van der Waals surface area contributed by atoms with Crippen molar-refractivity contribution in [3.8, 4) is 0 Å². The zero-order valence-corrected chi connectivity index (χ0v) is 12.0. The van der Waals surface area contributed by atoms with Crippen LogP contribution in [-0.2, 0) is 10.9 Å². The Morgan fingerprint density at radius 1 is 0.957 bits per heavy atom. The molecular formula is C16H12F3NO3. The summed E-state index contributed by atoms with van der Waals surface area (Å²) in [6, 6.07) is 10.3. The number of para-hydroxylation sites is 1. The lowest BCUT2D eigenvalue weighted by molar-refractivity contribution is -0.137. The molecule has 0 aliphatic carbocycles. The largest absolute Gasteiger partial charge is 0.465 e. The summed E-state index contributed by atoms with van der Waals surface area (Å²) >= 11 is 0. The van der Waals surface area contributed by atoms with Gasteiger partial charge < -0.3 is 10.1 Å². The minimum Gasteiger partial charge on any atom is -0.465 e. The number of amides is 1. The number of benzene rings is 2. The highest BCUT2D eigenvalue weighted by atomic mass is 19.4. The summed E-state index contributed by atoms with van der Waals surface area (Å²) in [5.41, 5.74) is -1.46. The van der Waals surface area contributed by atoms with Crippen molar-refractivity contribution in [2.45, 2.75) is 6.18 Å². The summed E-state index contributed by atoms with van der Waals surface area (Å²) < 4.78 is 43.4. The molecule has 1 amide bonds. The third kappa shape index (κ3) is 3.68. The van der Waals surface area contributed by atoms with Crippen molar-refractivity contribution in [1.82, 2.24) is 0 Å². The maximum Gasteiger partial charge on any atom is 0.417 e. The number of carbonyl (C=O) groups excluding carboxylic acids is 2. The van der Waals surface area contributed by atoms with Crippen LogP contribution in [0.25, 0.3) is 0 Å². The van der Waals surface area contributed by atoms with Crippen LogP contribution in [0.1, 0.15) is 26.3 Å². The van der Waals surface area contributed by atoms with Crippen molar-refractivity contribution in [3.05, 3.63) is 65.2 Å². The molecule has 7 heteroatoms. The fourth-order valence-corrected chi connectivity index (χ4v) is 2.00. The average molecular weight is 323 g/mol. The molecule has 120 valence electrons. The highest BCUT2D eigenvalue weighted by Gasteiger charge is 2.35. The highest BCUT2D eigenvalue weighted by Crippen LogP contribution is 2.32. The molecule has 1 N–H and O–H groups in total. The van der Waals surface area contributed by atoms with Crippen LogP contribution in [0.5, 0.6) is 0 Å². The number of methoxy groups -OCH3 is 1. The van der Waals surface area contributed by atoms with Gasteiger partial charge in [0, 0.05) is 0 Å². The fraction of sp³-hybridized carbons (Fsp3) is 0.125. The zero-order chi connectivity index (χ0) is 17.0. The number of anilines is 1. The van der Waals surface area contributed by atoms with Crippen LogP contribution in [0.15, 0.2) is 48.5 Å². The molecule has 2 rings (SSSR count). The second-order valence-corrected chi connectivity index (χ2v) is 4.53. The molecule has 0 aliphatic rings. The van der Waals surface area contributed by atoms with E-state index in [2.05, 4.69) is 10.1 Å². The maximum absolute atomic E-state index is 13.0. The Morgan fingerprint density at radius 3 is 2.13 bits per heavy atom.